The van der Waals surface area contributed by atoms with Crippen LogP contribution in [0.4, 0.5) is 0 Å². The molecule has 2 rings (SSSR count). The van der Waals surface area contributed by atoms with Crippen molar-refractivity contribution in [1.82, 2.24) is 5.32 Å². The van der Waals surface area contributed by atoms with Crippen molar-refractivity contribution in [2.45, 2.75) is 25.8 Å². The smallest absolute Gasteiger partial charge is 0.328 e. The fraction of sp³-hybridized carbons (Fsp3) is 0.350. The van der Waals surface area contributed by atoms with Crippen LogP contribution in [0, 0.1) is 5.92 Å². The van der Waals surface area contributed by atoms with Crippen molar-refractivity contribution in [3.05, 3.63) is 48.0 Å². The molecule has 0 heterocycles. The van der Waals surface area contributed by atoms with Crippen molar-refractivity contribution in [3.8, 4) is 0 Å². The Balaban J connectivity index is 2.07. The van der Waals surface area contributed by atoms with Crippen LogP contribution in [0.25, 0.3) is 10.8 Å². The number of rotatable bonds is 7. The van der Waals surface area contributed by atoms with Gasteiger partial charge in [0, 0.05) is 0 Å². The molecule has 6 heteroatoms. The van der Waals surface area contributed by atoms with Crippen molar-refractivity contribution >= 4 is 28.6 Å². The third kappa shape index (κ3) is 5.05. The van der Waals surface area contributed by atoms with Crippen molar-refractivity contribution in [2.75, 3.05) is 14.2 Å². The first-order valence-corrected chi connectivity index (χ1v) is 8.36. The molecule has 1 amide bonds. The van der Waals surface area contributed by atoms with Crippen molar-refractivity contribution in [1.29, 1.82) is 0 Å². The molecular weight excluding hydrogens is 334 g/mol. The third-order valence-electron chi connectivity index (χ3n) is 4.24. The Morgan fingerprint density at radius 3 is 2.35 bits per heavy atom. The molecule has 2 atom stereocenters. The van der Waals surface area contributed by atoms with E-state index in [9.17, 15) is 14.4 Å². The van der Waals surface area contributed by atoms with E-state index >= 15 is 0 Å². The lowest BCUT2D eigenvalue weighted by Gasteiger charge is -2.22. The normalized spacial score (nSPS) is 12.9. The molecule has 26 heavy (non-hydrogen) atoms. The molecule has 1 N–H and O–H groups in total. The van der Waals surface area contributed by atoms with Gasteiger partial charge in [-0.15, -0.1) is 0 Å². The summed E-state index contributed by atoms with van der Waals surface area (Å²) in [7, 11) is 2.52. The van der Waals surface area contributed by atoms with Crippen molar-refractivity contribution < 1.29 is 23.9 Å². The predicted octanol–water partition coefficient (Wildman–Crippen LogP) is 2.24. The molecule has 0 aromatic heterocycles. The summed E-state index contributed by atoms with van der Waals surface area (Å²) in [5, 5.41) is 4.81. The highest BCUT2D eigenvalue weighted by molar-refractivity contribution is 5.88. The largest absolute Gasteiger partial charge is 0.469 e. The van der Waals surface area contributed by atoms with E-state index < -0.39 is 23.9 Å². The molecule has 0 aliphatic rings. The van der Waals surface area contributed by atoms with Crippen LogP contribution < -0.4 is 5.32 Å². The second kappa shape index (κ2) is 8.99. The summed E-state index contributed by atoms with van der Waals surface area (Å²) in [6, 6.07) is 12.7. The predicted molar refractivity (Wildman–Crippen MR) is 97.4 cm³/mol. The molecule has 0 bridgehead atoms. The maximum atomic E-state index is 12.4. The van der Waals surface area contributed by atoms with Gasteiger partial charge in [-0.3, -0.25) is 9.59 Å². The molecule has 0 unspecified atom stereocenters. The first-order chi connectivity index (χ1) is 12.4. The van der Waals surface area contributed by atoms with Crippen LogP contribution in [0.15, 0.2) is 42.5 Å². The zero-order valence-corrected chi connectivity index (χ0v) is 15.2. The van der Waals surface area contributed by atoms with E-state index in [1.54, 1.807) is 6.92 Å². The van der Waals surface area contributed by atoms with Gasteiger partial charge in [-0.05, 0) is 22.3 Å². The minimum Gasteiger partial charge on any atom is -0.469 e. The van der Waals surface area contributed by atoms with E-state index in [4.69, 9.17) is 4.74 Å². The minimum absolute atomic E-state index is 0.00647. The Kier molecular flexibility index (Phi) is 6.72. The number of amides is 1. The van der Waals surface area contributed by atoms with Gasteiger partial charge in [-0.25, -0.2) is 4.79 Å². The molecule has 6 nitrogen and oxygen atoms in total. The Morgan fingerprint density at radius 1 is 1.00 bits per heavy atom. The van der Waals surface area contributed by atoms with E-state index in [1.165, 1.54) is 14.2 Å². The van der Waals surface area contributed by atoms with Crippen LogP contribution in [-0.2, 0) is 30.3 Å². The highest BCUT2D eigenvalue weighted by atomic mass is 16.5. The zero-order valence-electron chi connectivity index (χ0n) is 15.2. The molecule has 0 spiro atoms. The summed E-state index contributed by atoms with van der Waals surface area (Å²) in [6.45, 7) is 1.69. The first-order valence-electron chi connectivity index (χ1n) is 8.36. The lowest BCUT2D eigenvalue weighted by molar-refractivity contribution is -0.148. The van der Waals surface area contributed by atoms with Gasteiger partial charge >= 0.3 is 11.9 Å². The molecule has 0 aliphatic heterocycles. The lowest BCUT2D eigenvalue weighted by atomic mass is 9.97. The quantitative estimate of drug-likeness (QED) is 0.769. The number of carbonyl (C=O) groups excluding carboxylic acids is 3. The number of benzene rings is 2. The SMILES string of the molecule is COC(=O)C[C@@H](C)[C@@H](NC(=O)Cc1ccc2ccccc2c1)C(=O)OC. The Morgan fingerprint density at radius 2 is 1.69 bits per heavy atom. The number of fused-ring (bicyclic) bond motifs is 1. The fourth-order valence-corrected chi connectivity index (χ4v) is 2.78. The van der Waals surface area contributed by atoms with E-state index in [0.29, 0.717) is 0 Å². The summed E-state index contributed by atoms with van der Waals surface area (Å²) in [5.41, 5.74) is 0.838. The van der Waals surface area contributed by atoms with E-state index in [0.717, 1.165) is 16.3 Å². The molecule has 0 radical (unpaired) electrons. The number of hydrogen-bond acceptors (Lipinski definition) is 5. The zero-order chi connectivity index (χ0) is 19.1. The summed E-state index contributed by atoms with van der Waals surface area (Å²) >= 11 is 0. The Labute approximate surface area is 152 Å². The van der Waals surface area contributed by atoms with Gasteiger partial charge in [0.25, 0.3) is 0 Å². The lowest BCUT2D eigenvalue weighted by Crippen LogP contribution is -2.46. The second-order valence-electron chi connectivity index (χ2n) is 6.18. The van der Waals surface area contributed by atoms with Gasteiger partial charge in [0.2, 0.25) is 5.91 Å². The van der Waals surface area contributed by atoms with Gasteiger partial charge in [-0.2, -0.15) is 0 Å². The van der Waals surface area contributed by atoms with Crippen LogP contribution in [0.2, 0.25) is 0 Å². The molecular formula is C20H23NO5. The Bertz CT molecular complexity index is 802. The number of nitrogens with one attached hydrogen (secondary N) is 1. The van der Waals surface area contributed by atoms with E-state index in [2.05, 4.69) is 10.1 Å². The number of carbonyl (C=O) groups is 3. The maximum absolute atomic E-state index is 12.4. The van der Waals surface area contributed by atoms with Gasteiger partial charge < -0.3 is 14.8 Å². The maximum Gasteiger partial charge on any atom is 0.328 e. The number of esters is 2. The van der Waals surface area contributed by atoms with Gasteiger partial charge in [0.1, 0.15) is 6.04 Å². The summed E-state index contributed by atoms with van der Waals surface area (Å²) in [6.07, 6.45) is 0.135. The molecule has 0 saturated heterocycles. The van der Waals surface area contributed by atoms with Gasteiger partial charge in [0.15, 0.2) is 0 Å². The highest BCUT2D eigenvalue weighted by Gasteiger charge is 2.29. The van der Waals surface area contributed by atoms with Crippen LogP contribution >= 0.6 is 0 Å². The average Bonchev–Trinajstić information content (AvgIpc) is 2.65. The van der Waals surface area contributed by atoms with Crippen LogP contribution in [0.5, 0.6) is 0 Å². The topological polar surface area (TPSA) is 81.7 Å². The molecule has 2 aromatic carbocycles. The number of hydrogen-bond donors (Lipinski definition) is 1. The molecule has 2 aromatic rings. The van der Waals surface area contributed by atoms with Gasteiger partial charge in [0.05, 0.1) is 27.1 Å². The van der Waals surface area contributed by atoms with Crippen LogP contribution in [0.3, 0.4) is 0 Å². The first kappa shape index (κ1) is 19.4. The number of methoxy groups -OCH3 is 2. The van der Waals surface area contributed by atoms with E-state index in [-0.39, 0.29) is 18.7 Å². The summed E-state index contributed by atoms with van der Waals surface area (Å²) in [4.78, 5) is 35.9. The molecule has 0 fully saturated rings. The average molecular weight is 357 g/mol. The van der Waals surface area contributed by atoms with Crippen LogP contribution in [-0.4, -0.2) is 38.1 Å². The molecule has 138 valence electrons. The summed E-state index contributed by atoms with van der Waals surface area (Å²) < 4.78 is 9.37. The molecule has 0 saturated carbocycles. The fourth-order valence-electron chi connectivity index (χ4n) is 2.78. The molecule has 0 aliphatic carbocycles. The second-order valence-corrected chi connectivity index (χ2v) is 6.18. The van der Waals surface area contributed by atoms with E-state index in [1.807, 2.05) is 42.5 Å². The Hall–Kier alpha value is -2.89. The van der Waals surface area contributed by atoms with Crippen molar-refractivity contribution in [3.63, 3.8) is 0 Å². The van der Waals surface area contributed by atoms with Crippen LogP contribution in [0.1, 0.15) is 18.9 Å². The standard InChI is InChI=1S/C20H23NO5/c1-13(10-18(23)25-2)19(20(24)26-3)21-17(22)12-14-8-9-15-6-4-5-7-16(15)11-14/h4-9,11,13,19H,10,12H2,1-3H3,(H,21,22)/t13-,19-/m1/s1. The van der Waals surface area contributed by atoms with Gasteiger partial charge in [-0.1, -0.05) is 49.4 Å². The monoisotopic (exact) mass is 357 g/mol. The van der Waals surface area contributed by atoms with Crippen molar-refractivity contribution in [2.24, 2.45) is 5.92 Å². The summed E-state index contributed by atoms with van der Waals surface area (Å²) in [5.74, 6) is -1.80. The minimum atomic E-state index is -0.910. The number of ether oxygens (including phenoxy) is 2. The highest BCUT2D eigenvalue weighted by Crippen LogP contribution is 2.16. The third-order valence-corrected chi connectivity index (χ3v) is 4.24.